The molecule has 0 unspecified atom stereocenters. The monoisotopic (exact) mass is 367 g/mol. The number of halogens is 1. The Kier molecular flexibility index (Phi) is 4.58. The highest BCUT2D eigenvalue weighted by Crippen LogP contribution is 2.28. The van der Waals surface area contributed by atoms with Crippen LogP contribution < -0.4 is 4.74 Å². The highest BCUT2D eigenvalue weighted by atomic mass is 19.1. The van der Waals surface area contributed by atoms with Crippen molar-refractivity contribution in [1.29, 1.82) is 0 Å². The lowest BCUT2D eigenvalue weighted by Crippen LogP contribution is -2.09. The van der Waals surface area contributed by atoms with Crippen LogP contribution in [0.4, 0.5) is 4.39 Å². The molecule has 3 aromatic rings. The lowest BCUT2D eigenvalue weighted by molar-refractivity contribution is 0.0462. The van der Waals surface area contributed by atoms with Crippen LogP contribution in [0.25, 0.3) is 5.69 Å². The molecule has 7 heteroatoms. The number of carbonyl (C=O) groups is 1. The van der Waals surface area contributed by atoms with Crippen LogP contribution in [0.1, 0.15) is 33.7 Å². The van der Waals surface area contributed by atoms with E-state index >= 15 is 0 Å². The predicted octanol–water partition coefficient (Wildman–Crippen LogP) is 3.26. The van der Waals surface area contributed by atoms with Crippen LogP contribution in [-0.2, 0) is 24.2 Å². The van der Waals surface area contributed by atoms with Gasteiger partial charge in [0, 0.05) is 17.5 Å². The Bertz CT molecular complexity index is 983. The van der Waals surface area contributed by atoms with Gasteiger partial charge in [-0.2, -0.15) is 5.10 Å². The number of methoxy groups -OCH3 is 1. The third-order valence-corrected chi connectivity index (χ3v) is 4.61. The molecule has 0 radical (unpaired) electrons. The summed E-state index contributed by atoms with van der Waals surface area (Å²) >= 11 is 0. The van der Waals surface area contributed by atoms with Crippen molar-refractivity contribution in [3.05, 3.63) is 70.9 Å². The van der Waals surface area contributed by atoms with E-state index in [0.717, 1.165) is 41.9 Å². The summed E-state index contributed by atoms with van der Waals surface area (Å²) in [6.07, 6.45) is 4.35. The van der Waals surface area contributed by atoms with Gasteiger partial charge in [-0.15, -0.1) is 0 Å². The average Bonchev–Trinajstić information content (AvgIpc) is 3.30. The number of hydrogen-bond acceptors (Lipinski definition) is 5. The largest absolute Gasteiger partial charge is 0.480 e. The molecular formula is C20H18FN3O3. The minimum Gasteiger partial charge on any atom is -0.480 e. The van der Waals surface area contributed by atoms with Crippen molar-refractivity contribution >= 4 is 5.97 Å². The number of benzene rings is 1. The topological polar surface area (TPSA) is 66.2 Å². The van der Waals surface area contributed by atoms with Crippen LogP contribution in [0.3, 0.4) is 0 Å². The van der Waals surface area contributed by atoms with Gasteiger partial charge in [-0.25, -0.2) is 18.9 Å². The Morgan fingerprint density at radius 2 is 2.04 bits per heavy atom. The summed E-state index contributed by atoms with van der Waals surface area (Å²) in [5.74, 6) is -0.574. The number of hydrogen-bond donors (Lipinski definition) is 0. The SMILES string of the molecule is COc1ncccc1C(=O)OCc1nn(-c2ccc(F)cc2)c2c1CCC2. The molecule has 1 aromatic carbocycles. The molecule has 1 aliphatic carbocycles. The summed E-state index contributed by atoms with van der Waals surface area (Å²) in [7, 11) is 1.45. The Hall–Kier alpha value is -3.22. The van der Waals surface area contributed by atoms with E-state index < -0.39 is 5.97 Å². The van der Waals surface area contributed by atoms with Crippen molar-refractivity contribution in [2.75, 3.05) is 7.11 Å². The number of pyridine rings is 1. The molecule has 1 aliphatic rings. The first-order chi connectivity index (χ1) is 13.2. The van der Waals surface area contributed by atoms with E-state index in [-0.39, 0.29) is 23.9 Å². The van der Waals surface area contributed by atoms with Crippen LogP contribution in [0.2, 0.25) is 0 Å². The van der Waals surface area contributed by atoms with Crippen molar-refractivity contribution in [1.82, 2.24) is 14.8 Å². The van der Waals surface area contributed by atoms with Gasteiger partial charge in [0.2, 0.25) is 5.88 Å². The second-order valence-electron chi connectivity index (χ2n) is 6.25. The zero-order chi connectivity index (χ0) is 18.8. The highest BCUT2D eigenvalue weighted by molar-refractivity contribution is 5.91. The van der Waals surface area contributed by atoms with Crippen LogP contribution in [0, 0.1) is 5.82 Å². The van der Waals surface area contributed by atoms with Crippen LogP contribution in [0.15, 0.2) is 42.6 Å². The van der Waals surface area contributed by atoms with E-state index in [1.54, 1.807) is 30.5 Å². The molecule has 27 heavy (non-hydrogen) atoms. The molecule has 0 atom stereocenters. The van der Waals surface area contributed by atoms with Gasteiger partial charge in [-0.1, -0.05) is 0 Å². The Labute approximate surface area is 155 Å². The molecule has 0 saturated heterocycles. The maximum atomic E-state index is 13.2. The maximum Gasteiger partial charge on any atom is 0.344 e. The fourth-order valence-corrected chi connectivity index (χ4v) is 3.35. The first-order valence-corrected chi connectivity index (χ1v) is 8.69. The molecule has 4 rings (SSSR count). The zero-order valence-electron chi connectivity index (χ0n) is 14.8. The van der Waals surface area contributed by atoms with E-state index in [1.807, 2.05) is 4.68 Å². The predicted molar refractivity (Wildman–Crippen MR) is 95.5 cm³/mol. The summed E-state index contributed by atoms with van der Waals surface area (Å²) in [6, 6.07) is 9.46. The molecule has 0 saturated carbocycles. The number of fused-ring (bicyclic) bond motifs is 1. The van der Waals surface area contributed by atoms with E-state index in [0.29, 0.717) is 0 Å². The molecule has 138 valence electrons. The second-order valence-corrected chi connectivity index (χ2v) is 6.25. The van der Waals surface area contributed by atoms with Gasteiger partial charge in [0.05, 0.1) is 12.8 Å². The zero-order valence-corrected chi connectivity index (χ0v) is 14.8. The van der Waals surface area contributed by atoms with Gasteiger partial charge in [0.15, 0.2) is 0 Å². The number of esters is 1. The standard InChI is InChI=1S/C20H18FN3O3/c1-26-19-16(5-3-11-22-19)20(25)27-12-17-15-4-2-6-18(15)24(23-17)14-9-7-13(21)8-10-14/h3,5,7-11H,2,4,6,12H2,1H3. The van der Waals surface area contributed by atoms with Crippen LogP contribution in [-0.4, -0.2) is 27.8 Å². The van der Waals surface area contributed by atoms with E-state index in [4.69, 9.17) is 9.47 Å². The lowest BCUT2D eigenvalue weighted by atomic mass is 10.2. The highest BCUT2D eigenvalue weighted by Gasteiger charge is 2.24. The summed E-state index contributed by atoms with van der Waals surface area (Å²) in [5, 5.41) is 4.61. The Morgan fingerprint density at radius 3 is 2.81 bits per heavy atom. The van der Waals surface area contributed by atoms with Crippen molar-refractivity contribution in [3.63, 3.8) is 0 Å². The summed E-state index contributed by atoms with van der Waals surface area (Å²) in [5.41, 5.74) is 3.98. The number of aromatic nitrogens is 3. The Balaban J connectivity index is 1.57. The fourth-order valence-electron chi connectivity index (χ4n) is 3.35. The van der Waals surface area contributed by atoms with Crippen molar-refractivity contribution in [2.24, 2.45) is 0 Å². The molecule has 0 aliphatic heterocycles. The van der Waals surface area contributed by atoms with E-state index in [2.05, 4.69) is 10.1 Å². The molecule has 0 bridgehead atoms. The van der Waals surface area contributed by atoms with Gasteiger partial charge in [0.25, 0.3) is 0 Å². The number of nitrogens with zero attached hydrogens (tertiary/aromatic N) is 3. The normalized spacial score (nSPS) is 12.7. The molecule has 2 aromatic heterocycles. The third kappa shape index (κ3) is 3.28. The van der Waals surface area contributed by atoms with Crippen LogP contribution in [0.5, 0.6) is 5.88 Å². The third-order valence-electron chi connectivity index (χ3n) is 4.61. The van der Waals surface area contributed by atoms with Crippen molar-refractivity contribution in [3.8, 4) is 11.6 Å². The van der Waals surface area contributed by atoms with E-state index in [1.165, 1.54) is 19.2 Å². The van der Waals surface area contributed by atoms with Crippen molar-refractivity contribution in [2.45, 2.75) is 25.9 Å². The maximum absolute atomic E-state index is 13.2. The number of ether oxygens (including phenoxy) is 2. The molecule has 0 spiro atoms. The quantitative estimate of drug-likeness (QED) is 0.648. The smallest absolute Gasteiger partial charge is 0.344 e. The number of rotatable bonds is 5. The average molecular weight is 367 g/mol. The van der Waals surface area contributed by atoms with Gasteiger partial charge < -0.3 is 9.47 Å². The first-order valence-electron chi connectivity index (χ1n) is 8.69. The van der Waals surface area contributed by atoms with Gasteiger partial charge >= 0.3 is 5.97 Å². The van der Waals surface area contributed by atoms with Crippen LogP contribution >= 0.6 is 0 Å². The summed E-state index contributed by atoms with van der Waals surface area (Å²) in [6.45, 7) is 0.0629. The summed E-state index contributed by atoms with van der Waals surface area (Å²) in [4.78, 5) is 16.4. The molecule has 0 amide bonds. The number of carbonyl (C=O) groups excluding carboxylic acids is 1. The van der Waals surface area contributed by atoms with Crippen molar-refractivity contribution < 1.29 is 18.7 Å². The Morgan fingerprint density at radius 1 is 1.22 bits per heavy atom. The minimum absolute atomic E-state index is 0.0629. The molecule has 0 N–H and O–H groups in total. The molecule has 6 nitrogen and oxygen atoms in total. The summed E-state index contributed by atoms with van der Waals surface area (Å²) < 4.78 is 25.6. The van der Waals surface area contributed by atoms with E-state index in [9.17, 15) is 9.18 Å². The first kappa shape index (κ1) is 17.2. The minimum atomic E-state index is -0.511. The van der Waals surface area contributed by atoms with Gasteiger partial charge in [-0.3, -0.25) is 0 Å². The molecule has 0 fully saturated rings. The van der Waals surface area contributed by atoms with Gasteiger partial charge in [-0.05, 0) is 55.7 Å². The molecule has 2 heterocycles. The molecular weight excluding hydrogens is 349 g/mol. The van der Waals surface area contributed by atoms with Gasteiger partial charge in [0.1, 0.15) is 23.7 Å². The lowest BCUT2D eigenvalue weighted by Gasteiger charge is -2.07. The second kappa shape index (κ2) is 7.19. The fraction of sp³-hybridized carbons (Fsp3) is 0.250.